The van der Waals surface area contributed by atoms with Crippen LogP contribution in [-0.2, 0) is 0 Å². The van der Waals surface area contributed by atoms with Crippen molar-refractivity contribution >= 4 is 11.9 Å². The van der Waals surface area contributed by atoms with E-state index in [9.17, 15) is 0 Å². The van der Waals surface area contributed by atoms with Crippen molar-refractivity contribution in [3.05, 3.63) is 30.6 Å². The third kappa shape index (κ3) is 4.41. The monoisotopic (exact) mass is 315 g/mol. The van der Waals surface area contributed by atoms with Crippen molar-refractivity contribution in [3.63, 3.8) is 0 Å². The van der Waals surface area contributed by atoms with Crippen molar-refractivity contribution in [2.24, 2.45) is 10.7 Å². The van der Waals surface area contributed by atoms with Crippen LogP contribution < -0.4 is 10.6 Å². The van der Waals surface area contributed by atoms with E-state index in [4.69, 9.17) is 5.73 Å². The number of aromatic nitrogens is 2. The second kappa shape index (κ2) is 7.92. The molecule has 7 heteroatoms. The summed E-state index contributed by atoms with van der Waals surface area (Å²) in [4.78, 5) is 19.9. The van der Waals surface area contributed by atoms with E-state index in [1.165, 1.54) is 0 Å². The zero-order valence-electron chi connectivity index (χ0n) is 13.5. The maximum atomic E-state index is 6.14. The summed E-state index contributed by atoms with van der Waals surface area (Å²) in [6.07, 6.45) is 9.16. The first-order valence-corrected chi connectivity index (χ1v) is 8.27. The Balaban J connectivity index is 1.43. The normalized spacial score (nSPS) is 20.1. The summed E-state index contributed by atoms with van der Waals surface area (Å²) in [5.41, 5.74) is 6.14. The predicted octanol–water partition coefficient (Wildman–Crippen LogP) is 0.175. The standard InChI is InChI=1S/C16H25N7/c17-15(18-7-10-21-8-2-1-3-9-21)22-11-13-23(14-12-22)16-19-5-4-6-20-16/h1-2,4-6H,3,7-14H2,(H2,17,18). The number of piperazine rings is 1. The number of guanidine groups is 1. The molecule has 0 bridgehead atoms. The van der Waals surface area contributed by atoms with Gasteiger partial charge in [0.05, 0.1) is 6.54 Å². The van der Waals surface area contributed by atoms with Crippen LogP contribution in [0.15, 0.2) is 35.6 Å². The van der Waals surface area contributed by atoms with Crippen LogP contribution in [0.25, 0.3) is 0 Å². The summed E-state index contributed by atoms with van der Waals surface area (Å²) in [6, 6.07) is 1.84. The predicted molar refractivity (Wildman–Crippen MR) is 92.5 cm³/mol. The fraction of sp³-hybridized carbons (Fsp3) is 0.562. The van der Waals surface area contributed by atoms with Crippen molar-refractivity contribution in [1.29, 1.82) is 0 Å². The molecule has 23 heavy (non-hydrogen) atoms. The van der Waals surface area contributed by atoms with E-state index in [0.29, 0.717) is 5.96 Å². The van der Waals surface area contributed by atoms with Gasteiger partial charge in [0.25, 0.3) is 0 Å². The smallest absolute Gasteiger partial charge is 0.225 e. The maximum Gasteiger partial charge on any atom is 0.225 e. The highest BCUT2D eigenvalue weighted by Gasteiger charge is 2.19. The van der Waals surface area contributed by atoms with Crippen molar-refractivity contribution in [3.8, 4) is 0 Å². The molecule has 0 spiro atoms. The topological polar surface area (TPSA) is 73.9 Å². The van der Waals surface area contributed by atoms with E-state index >= 15 is 0 Å². The molecule has 0 amide bonds. The van der Waals surface area contributed by atoms with Crippen LogP contribution in [-0.4, -0.2) is 78.1 Å². The minimum atomic E-state index is 0.659. The van der Waals surface area contributed by atoms with Gasteiger partial charge in [0.15, 0.2) is 5.96 Å². The second-order valence-electron chi connectivity index (χ2n) is 5.82. The van der Waals surface area contributed by atoms with Crippen LogP contribution in [0.1, 0.15) is 6.42 Å². The lowest BCUT2D eigenvalue weighted by molar-refractivity contribution is 0.306. The maximum absolute atomic E-state index is 6.14. The number of nitrogens with two attached hydrogens (primary N) is 1. The lowest BCUT2D eigenvalue weighted by atomic mass is 10.2. The summed E-state index contributed by atoms with van der Waals surface area (Å²) in [7, 11) is 0. The molecule has 0 saturated carbocycles. The molecule has 0 aliphatic carbocycles. The summed E-state index contributed by atoms with van der Waals surface area (Å²) in [5.74, 6) is 1.45. The minimum absolute atomic E-state index is 0.659. The Morgan fingerprint density at radius 3 is 2.57 bits per heavy atom. The van der Waals surface area contributed by atoms with Crippen LogP contribution >= 0.6 is 0 Å². The molecule has 7 nitrogen and oxygen atoms in total. The van der Waals surface area contributed by atoms with Gasteiger partial charge in [0.1, 0.15) is 0 Å². The van der Waals surface area contributed by atoms with Crippen LogP contribution in [0.4, 0.5) is 5.95 Å². The Labute approximate surface area is 137 Å². The zero-order chi connectivity index (χ0) is 15.9. The van der Waals surface area contributed by atoms with Gasteiger partial charge in [-0.3, -0.25) is 9.89 Å². The first-order valence-electron chi connectivity index (χ1n) is 8.27. The van der Waals surface area contributed by atoms with Crippen LogP contribution in [0.5, 0.6) is 0 Å². The highest BCUT2D eigenvalue weighted by Crippen LogP contribution is 2.09. The lowest BCUT2D eigenvalue weighted by Crippen LogP contribution is -2.51. The van der Waals surface area contributed by atoms with E-state index in [-0.39, 0.29) is 0 Å². The van der Waals surface area contributed by atoms with Gasteiger partial charge in [0, 0.05) is 58.2 Å². The molecule has 1 fully saturated rings. The second-order valence-corrected chi connectivity index (χ2v) is 5.82. The Morgan fingerprint density at radius 2 is 1.87 bits per heavy atom. The van der Waals surface area contributed by atoms with Gasteiger partial charge >= 0.3 is 0 Å². The number of hydrogen-bond donors (Lipinski definition) is 1. The molecule has 0 radical (unpaired) electrons. The largest absolute Gasteiger partial charge is 0.370 e. The number of rotatable bonds is 4. The molecule has 124 valence electrons. The van der Waals surface area contributed by atoms with Gasteiger partial charge in [-0.2, -0.15) is 0 Å². The Morgan fingerprint density at radius 1 is 1.09 bits per heavy atom. The molecule has 0 atom stereocenters. The third-order valence-corrected chi connectivity index (χ3v) is 4.27. The van der Waals surface area contributed by atoms with E-state index in [0.717, 1.165) is 64.7 Å². The molecule has 2 aliphatic rings. The number of aliphatic imine (C=N–C) groups is 1. The fourth-order valence-electron chi connectivity index (χ4n) is 2.89. The summed E-state index contributed by atoms with van der Waals surface area (Å²) in [5, 5.41) is 0. The fourth-order valence-corrected chi connectivity index (χ4v) is 2.89. The number of anilines is 1. The molecular weight excluding hydrogens is 290 g/mol. The first-order chi connectivity index (χ1) is 11.3. The molecule has 1 aromatic heterocycles. The van der Waals surface area contributed by atoms with Crippen molar-refractivity contribution < 1.29 is 0 Å². The van der Waals surface area contributed by atoms with E-state index < -0.39 is 0 Å². The molecule has 3 rings (SSSR count). The lowest BCUT2D eigenvalue weighted by Gasteiger charge is -2.35. The zero-order valence-corrected chi connectivity index (χ0v) is 13.5. The van der Waals surface area contributed by atoms with E-state index in [2.05, 4.69) is 41.8 Å². The van der Waals surface area contributed by atoms with Crippen molar-refractivity contribution in [2.45, 2.75) is 6.42 Å². The minimum Gasteiger partial charge on any atom is -0.370 e. The summed E-state index contributed by atoms with van der Waals surface area (Å²) >= 11 is 0. The van der Waals surface area contributed by atoms with Gasteiger partial charge in [-0.05, 0) is 12.5 Å². The van der Waals surface area contributed by atoms with Crippen LogP contribution in [0.2, 0.25) is 0 Å². The van der Waals surface area contributed by atoms with Gasteiger partial charge in [-0.1, -0.05) is 12.2 Å². The summed E-state index contributed by atoms with van der Waals surface area (Å²) in [6.45, 7) is 7.37. The van der Waals surface area contributed by atoms with E-state index in [1.807, 2.05) is 6.07 Å². The van der Waals surface area contributed by atoms with Gasteiger partial charge in [-0.15, -0.1) is 0 Å². The average Bonchev–Trinajstić information content (AvgIpc) is 2.63. The molecule has 2 N–H and O–H groups in total. The number of hydrogen-bond acceptors (Lipinski definition) is 5. The average molecular weight is 315 g/mol. The quantitative estimate of drug-likeness (QED) is 0.485. The molecular formula is C16H25N7. The van der Waals surface area contributed by atoms with Crippen LogP contribution in [0, 0.1) is 0 Å². The Bertz CT molecular complexity index is 535. The van der Waals surface area contributed by atoms with Crippen molar-refractivity contribution in [1.82, 2.24) is 19.8 Å². The molecule has 1 saturated heterocycles. The van der Waals surface area contributed by atoms with Gasteiger partial charge < -0.3 is 15.5 Å². The van der Waals surface area contributed by atoms with E-state index in [1.54, 1.807) is 12.4 Å². The van der Waals surface area contributed by atoms with Crippen LogP contribution in [0.3, 0.4) is 0 Å². The van der Waals surface area contributed by atoms with Gasteiger partial charge in [0.2, 0.25) is 5.95 Å². The molecule has 1 aromatic rings. The van der Waals surface area contributed by atoms with Gasteiger partial charge in [-0.25, -0.2) is 9.97 Å². The highest BCUT2D eigenvalue weighted by molar-refractivity contribution is 5.78. The first kappa shape index (κ1) is 15.7. The SMILES string of the molecule is NC(=NCCN1CC=CCC1)N1CCN(c2ncccn2)CC1. The Kier molecular flexibility index (Phi) is 5.42. The highest BCUT2D eigenvalue weighted by atomic mass is 15.4. The molecule has 2 aliphatic heterocycles. The molecule has 0 aromatic carbocycles. The molecule has 0 unspecified atom stereocenters. The van der Waals surface area contributed by atoms with Crippen molar-refractivity contribution in [2.75, 3.05) is 57.3 Å². The molecule has 3 heterocycles. The number of nitrogens with zero attached hydrogens (tertiary/aromatic N) is 6. The Hall–Kier alpha value is -2.15. The summed E-state index contributed by atoms with van der Waals surface area (Å²) < 4.78 is 0. The third-order valence-electron chi connectivity index (χ3n) is 4.27.